The molecule has 0 fully saturated rings. The minimum atomic E-state index is -0.0768. The molecule has 1 heterocycles. The van der Waals surface area contributed by atoms with Crippen molar-refractivity contribution in [3.05, 3.63) is 83.2 Å². The van der Waals surface area contributed by atoms with Gasteiger partial charge in [0.25, 0.3) is 0 Å². The van der Waals surface area contributed by atoms with Gasteiger partial charge in [-0.2, -0.15) is 5.10 Å². The van der Waals surface area contributed by atoms with Crippen molar-refractivity contribution in [3.63, 3.8) is 0 Å². The predicted octanol–water partition coefficient (Wildman–Crippen LogP) is 5.04. The van der Waals surface area contributed by atoms with E-state index < -0.39 is 0 Å². The number of rotatable bonds is 7. The number of nitrogens with zero attached hydrogens (tertiary/aromatic N) is 2. The van der Waals surface area contributed by atoms with Crippen LogP contribution in [0.4, 0.5) is 0 Å². The molecule has 0 aliphatic rings. The second-order valence-electron chi connectivity index (χ2n) is 6.70. The Bertz CT molecular complexity index is 960. The molecule has 1 N–H and O–H groups in total. The Hall–Kier alpha value is -2.79. The number of aromatic nitrogens is 1. The van der Waals surface area contributed by atoms with E-state index in [4.69, 9.17) is 0 Å². The SMILES string of the molecule is Cc1ccc(-n2c(C)cc(C=NNC(=O)CCSc3ccccc3)c2C)cc1. The van der Waals surface area contributed by atoms with E-state index in [9.17, 15) is 4.79 Å². The summed E-state index contributed by atoms with van der Waals surface area (Å²) in [6.45, 7) is 6.22. The number of hydrazone groups is 1. The van der Waals surface area contributed by atoms with Crippen LogP contribution in [0.15, 0.2) is 70.7 Å². The van der Waals surface area contributed by atoms with Gasteiger partial charge in [0.15, 0.2) is 0 Å². The van der Waals surface area contributed by atoms with Crippen molar-refractivity contribution in [1.29, 1.82) is 0 Å². The molecule has 3 rings (SSSR count). The fourth-order valence-electron chi connectivity index (χ4n) is 3.02. The number of amides is 1. The Morgan fingerprint density at radius 3 is 2.50 bits per heavy atom. The van der Waals surface area contributed by atoms with E-state index in [-0.39, 0.29) is 5.91 Å². The molecule has 0 saturated heterocycles. The zero-order valence-electron chi connectivity index (χ0n) is 16.5. The van der Waals surface area contributed by atoms with Crippen LogP contribution >= 0.6 is 11.8 Å². The molecule has 1 aromatic heterocycles. The van der Waals surface area contributed by atoms with Gasteiger partial charge in [0.2, 0.25) is 5.91 Å². The van der Waals surface area contributed by atoms with E-state index >= 15 is 0 Å². The summed E-state index contributed by atoms with van der Waals surface area (Å²) in [5.41, 5.74) is 8.22. The van der Waals surface area contributed by atoms with Crippen LogP contribution in [0.1, 0.15) is 28.9 Å². The fourth-order valence-corrected chi connectivity index (χ4v) is 3.89. The summed E-state index contributed by atoms with van der Waals surface area (Å²) in [7, 11) is 0. The van der Waals surface area contributed by atoms with Crippen molar-refractivity contribution >= 4 is 23.9 Å². The van der Waals surface area contributed by atoms with Gasteiger partial charge in [-0.3, -0.25) is 4.79 Å². The summed E-state index contributed by atoms with van der Waals surface area (Å²) in [5, 5.41) is 4.14. The summed E-state index contributed by atoms with van der Waals surface area (Å²) >= 11 is 1.67. The maximum absolute atomic E-state index is 12.0. The van der Waals surface area contributed by atoms with Crippen molar-refractivity contribution in [2.75, 3.05) is 5.75 Å². The maximum atomic E-state index is 12.0. The Kier molecular flexibility index (Phi) is 6.71. The van der Waals surface area contributed by atoms with E-state index in [2.05, 4.69) is 66.2 Å². The van der Waals surface area contributed by atoms with Crippen LogP contribution in [0.25, 0.3) is 5.69 Å². The summed E-state index contributed by atoms with van der Waals surface area (Å²) in [4.78, 5) is 13.2. The molecule has 5 heteroatoms. The molecule has 0 unspecified atom stereocenters. The molecule has 0 bridgehead atoms. The standard InChI is InChI=1S/C23H25N3OS/c1-17-9-11-21(12-10-17)26-18(2)15-20(19(26)3)16-24-25-23(27)13-14-28-22-7-5-4-6-8-22/h4-12,15-16H,13-14H2,1-3H3,(H,25,27). The molecule has 3 aromatic rings. The highest BCUT2D eigenvalue weighted by Crippen LogP contribution is 2.20. The van der Waals surface area contributed by atoms with E-state index in [1.807, 2.05) is 30.3 Å². The minimum Gasteiger partial charge on any atom is -0.318 e. The van der Waals surface area contributed by atoms with Crippen molar-refractivity contribution in [3.8, 4) is 5.69 Å². The monoisotopic (exact) mass is 391 g/mol. The molecule has 0 aliphatic heterocycles. The quantitative estimate of drug-likeness (QED) is 0.349. The summed E-state index contributed by atoms with van der Waals surface area (Å²) in [6.07, 6.45) is 2.15. The van der Waals surface area contributed by atoms with Crippen LogP contribution < -0.4 is 5.43 Å². The molecule has 1 amide bonds. The van der Waals surface area contributed by atoms with Crippen LogP contribution in [0.5, 0.6) is 0 Å². The molecular weight excluding hydrogens is 366 g/mol. The van der Waals surface area contributed by atoms with Crippen LogP contribution in [-0.2, 0) is 4.79 Å². The Morgan fingerprint density at radius 1 is 1.07 bits per heavy atom. The van der Waals surface area contributed by atoms with Gasteiger partial charge in [-0.25, -0.2) is 5.43 Å². The van der Waals surface area contributed by atoms with Gasteiger partial charge in [-0.15, -0.1) is 11.8 Å². The van der Waals surface area contributed by atoms with E-state index in [1.54, 1.807) is 18.0 Å². The number of aryl methyl sites for hydroxylation is 2. The average Bonchev–Trinajstić information content (AvgIpc) is 2.97. The van der Waals surface area contributed by atoms with Gasteiger partial charge in [0.05, 0.1) is 6.21 Å². The third kappa shape index (κ3) is 5.14. The first-order chi connectivity index (χ1) is 13.5. The molecule has 0 atom stereocenters. The van der Waals surface area contributed by atoms with Crippen molar-refractivity contribution in [2.45, 2.75) is 32.1 Å². The normalized spacial score (nSPS) is 11.1. The lowest BCUT2D eigenvalue weighted by atomic mass is 10.2. The third-order valence-electron chi connectivity index (χ3n) is 4.50. The number of carbonyl (C=O) groups excluding carboxylic acids is 1. The topological polar surface area (TPSA) is 46.4 Å². The van der Waals surface area contributed by atoms with Crippen LogP contribution in [-0.4, -0.2) is 22.4 Å². The minimum absolute atomic E-state index is 0.0768. The predicted molar refractivity (Wildman–Crippen MR) is 117 cm³/mol. The second kappa shape index (κ2) is 9.42. The van der Waals surface area contributed by atoms with Crippen LogP contribution in [0, 0.1) is 20.8 Å². The number of hydrogen-bond acceptors (Lipinski definition) is 3. The number of nitrogens with one attached hydrogen (secondary N) is 1. The second-order valence-corrected chi connectivity index (χ2v) is 7.87. The van der Waals surface area contributed by atoms with Crippen molar-refractivity contribution in [2.24, 2.45) is 5.10 Å². The highest BCUT2D eigenvalue weighted by Gasteiger charge is 2.09. The van der Waals surface area contributed by atoms with Gasteiger partial charge in [0, 0.05) is 39.7 Å². The van der Waals surface area contributed by atoms with Gasteiger partial charge in [0.1, 0.15) is 0 Å². The van der Waals surface area contributed by atoms with Gasteiger partial charge >= 0.3 is 0 Å². The number of thioether (sulfide) groups is 1. The van der Waals surface area contributed by atoms with Crippen molar-refractivity contribution in [1.82, 2.24) is 9.99 Å². The third-order valence-corrected chi connectivity index (χ3v) is 5.51. The lowest BCUT2D eigenvalue weighted by Gasteiger charge is -2.09. The summed E-state index contributed by atoms with van der Waals surface area (Å²) in [6, 6.07) is 20.6. The fraction of sp³-hybridized carbons (Fsp3) is 0.217. The molecule has 2 aromatic carbocycles. The number of hydrogen-bond donors (Lipinski definition) is 1. The summed E-state index contributed by atoms with van der Waals surface area (Å²) < 4.78 is 2.19. The summed E-state index contributed by atoms with van der Waals surface area (Å²) in [5.74, 6) is 0.653. The smallest absolute Gasteiger partial charge is 0.240 e. The highest BCUT2D eigenvalue weighted by molar-refractivity contribution is 7.99. The highest BCUT2D eigenvalue weighted by atomic mass is 32.2. The maximum Gasteiger partial charge on any atom is 0.240 e. The van der Waals surface area contributed by atoms with Crippen molar-refractivity contribution < 1.29 is 4.79 Å². The molecule has 0 spiro atoms. The Morgan fingerprint density at radius 2 is 1.79 bits per heavy atom. The zero-order chi connectivity index (χ0) is 19.9. The molecule has 28 heavy (non-hydrogen) atoms. The lowest BCUT2D eigenvalue weighted by molar-refractivity contribution is -0.120. The van der Waals surface area contributed by atoms with E-state index in [0.29, 0.717) is 6.42 Å². The van der Waals surface area contributed by atoms with E-state index in [0.717, 1.165) is 28.4 Å². The first kappa shape index (κ1) is 20.0. The number of benzene rings is 2. The molecule has 4 nitrogen and oxygen atoms in total. The zero-order valence-corrected chi connectivity index (χ0v) is 17.3. The Labute approximate surface area is 170 Å². The van der Waals surface area contributed by atoms with Crippen LogP contribution in [0.2, 0.25) is 0 Å². The molecule has 144 valence electrons. The molecule has 0 saturated carbocycles. The molecule has 0 radical (unpaired) electrons. The van der Waals surface area contributed by atoms with Gasteiger partial charge in [-0.05, 0) is 51.1 Å². The van der Waals surface area contributed by atoms with Gasteiger partial charge in [-0.1, -0.05) is 35.9 Å². The van der Waals surface area contributed by atoms with E-state index in [1.165, 1.54) is 10.5 Å². The Balaban J connectivity index is 1.56. The molecular formula is C23H25N3OS. The van der Waals surface area contributed by atoms with Gasteiger partial charge < -0.3 is 4.57 Å². The number of carbonyl (C=O) groups is 1. The first-order valence-electron chi connectivity index (χ1n) is 9.30. The first-order valence-corrected chi connectivity index (χ1v) is 10.3. The lowest BCUT2D eigenvalue weighted by Crippen LogP contribution is -2.17. The largest absolute Gasteiger partial charge is 0.318 e. The van der Waals surface area contributed by atoms with Crippen LogP contribution in [0.3, 0.4) is 0 Å². The molecule has 0 aliphatic carbocycles. The average molecular weight is 392 g/mol.